The molecule has 2 aromatic carbocycles. The lowest BCUT2D eigenvalue weighted by molar-refractivity contribution is -0.119. The van der Waals surface area contributed by atoms with Gasteiger partial charge in [-0.3, -0.25) is 9.59 Å². The van der Waals surface area contributed by atoms with Gasteiger partial charge in [-0.2, -0.15) is 0 Å². The maximum absolute atomic E-state index is 12.7. The summed E-state index contributed by atoms with van der Waals surface area (Å²) in [6, 6.07) is 13.9. The molecule has 1 heterocycles. The van der Waals surface area contributed by atoms with Crippen LogP contribution in [0.2, 0.25) is 5.02 Å². The number of carbonyl (C=O) groups is 2. The van der Waals surface area contributed by atoms with Crippen molar-refractivity contribution in [1.82, 2.24) is 4.90 Å². The van der Waals surface area contributed by atoms with Crippen LogP contribution in [0.3, 0.4) is 0 Å². The van der Waals surface area contributed by atoms with Gasteiger partial charge in [0, 0.05) is 22.0 Å². The van der Waals surface area contributed by atoms with Crippen molar-refractivity contribution in [2.45, 2.75) is 13.0 Å². The van der Waals surface area contributed by atoms with E-state index in [0.29, 0.717) is 22.2 Å². The quantitative estimate of drug-likeness (QED) is 0.905. The van der Waals surface area contributed by atoms with Crippen molar-refractivity contribution >= 4 is 40.9 Å². The fourth-order valence-corrected chi connectivity index (χ4v) is 3.85. The van der Waals surface area contributed by atoms with E-state index in [1.54, 1.807) is 40.9 Å². The maximum Gasteiger partial charge on any atom is 0.255 e. The number of carbonyl (C=O) groups excluding carboxylic acids is 2. The van der Waals surface area contributed by atoms with Gasteiger partial charge < -0.3 is 10.2 Å². The van der Waals surface area contributed by atoms with Gasteiger partial charge in [-0.25, -0.2) is 0 Å². The van der Waals surface area contributed by atoms with Gasteiger partial charge >= 0.3 is 0 Å². The normalized spacial score (nSPS) is 16.9. The molecule has 4 nitrogen and oxygen atoms in total. The van der Waals surface area contributed by atoms with Crippen molar-refractivity contribution < 1.29 is 9.59 Å². The zero-order valence-electron chi connectivity index (χ0n) is 13.2. The van der Waals surface area contributed by atoms with E-state index in [4.69, 9.17) is 11.6 Å². The van der Waals surface area contributed by atoms with Crippen molar-refractivity contribution in [3.05, 3.63) is 64.7 Å². The zero-order valence-corrected chi connectivity index (χ0v) is 14.7. The van der Waals surface area contributed by atoms with Gasteiger partial charge in [0.05, 0.1) is 5.88 Å². The fraction of sp³-hybridized carbons (Fsp3) is 0.222. The van der Waals surface area contributed by atoms with Gasteiger partial charge in [-0.05, 0) is 37.3 Å². The van der Waals surface area contributed by atoms with Crippen LogP contribution in [0.25, 0.3) is 0 Å². The summed E-state index contributed by atoms with van der Waals surface area (Å²) in [5, 5.41) is 3.39. The number of halogens is 1. The van der Waals surface area contributed by atoms with Crippen molar-refractivity contribution in [1.29, 1.82) is 0 Å². The summed E-state index contributed by atoms with van der Waals surface area (Å²) < 4.78 is 0. The summed E-state index contributed by atoms with van der Waals surface area (Å²) in [7, 11) is 0. The Morgan fingerprint density at radius 3 is 2.67 bits per heavy atom. The van der Waals surface area contributed by atoms with E-state index in [2.05, 4.69) is 5.32 Å². The Balaban J connectivity index is 1.73. The Morgan fingerprint density at radius 2 is 1.96 bits per heavy atom. The van der Waals surface area contributed by atoms with E-state index in [0.717, 1.165) is 11.3 Å². The van der Waals surface area contributed by atoms with Crippen LogP contribution in [0.15, 0.2) is 48.5 Å². The molecule has 2 amide bonds. The smallest absolute Gasteiger partial charge is 0.255 e. The second-order valence-electron chi connectivity index (χ2n) is 5.66. The van der Waals surface area contributed by atoms with E-state index < -0.39 is 6.04 Å². The summed E-state index contributed by atoms with van der Waals surface area (Å²) in [5.41, 5.74) is 2.36. The minimum Gasteiger partial charge on any atom is -0.324 e. The molecule has 0 aromatic heterocycles. The topological polar surface area (TPSA) is 49.4 Å². The van der Waals surface area contributed by atoms with E-state index in [-0.39, 0.29) is 11.8 Å². The van der Waals surface area contributed by atoms with Crippen molar-refractivity contribution in [2.75, 3.05) is 16.9 Å². The summed E-state index contributed by atoms with van der Waals surface area (Å²) in [6.07, 6.45) is 0. The second-order valence-corrected chi connectivity index (χ2v) is 7.09. The van der Waals surface area contributed by atoms with Gasteiger partial charge in [0.2, 0.25) is 5.91 Å². The first-order valence-corrected chi connectivity index (χ1v) is 9.09. The third kappa shape index (κ3) is 3.74. The Labute approximate surface area is 150 Å². The fourth-order valence-electron chi connectivity index (χ4n) is 2.51. The Morgan fingerprint density at radius 1 is 1.21 bits per heavy atom. The maximum atomic E-state index is 12.7. The second kappa shape index (κ2) is 7.28. The highest BCUT2D eigenvalue weighted by Gasteiger charge is 2.35. The molecule has 0 spiro atoms. The molecule has 0 saturated carbocycles. The first-order valence-electron chi connectivity index (χ1n) is 7.56. The molecule has 2 aromatic rings. The van der Waals surface area contributed by atoms with E-state index in [9.17, 15) is 9.59 Å². The molecule has 3 rings (SSSR count). The predicted molar refractivity (Wildman–Crippen MR) is 98.5 cm³/mol. The molecule has 124 valence electrons. The minimum absolute atomic E-state index is 0.167. The molecule has 1 unspecified atom stereocenters. The monoisotopic (exact) mass is 360 g/mol. The summed E-state index contributed by atoms with van der Waals surface area (Å²) in [5.74, 6) is 0.743. The van der Waals surface area contributed by atoms with Crippen LogP contribution in [0.1, 0.15) is 15.9 Å². The number of nitrogens with zero attached hydrogens (tertiary/aromatic N) is 1. The first-order chi connectivity index (χ1) is 11.5. The van der Waals surface area contributed by atoms with Crippen LogP contribution in [-0.4, -0.2) is 34.4 Å². The third-order valence-corrected chi connectivity index (χ3v) is 5.08. The van der Waals surface area contributed by atoms with Gasteiger partial charge in [0.25, 0.3) is 5.91 Å². The van der Waals surface area contributed by atoms with Crippen LogP contribution < -0.4 is 5.32 Å². The number of nitrogens with one attached hydrogen (secondary N) is 1. The van der Waals surface area contributed by atoms with Gasteiger partial charge in [0.15, 0.2) is 0 Å². The third-order valence-electron chi connectivity index (χ3n) is 3.84. The van der Waals surface area contributed by atoms with E-state index in [1.807, 2.05) is 31.2 Å². The summed E-state index contributed by atoms with van der Waals surface area (Å²) >= 11 is 7.53. The molecule has 1 saturated heterocycles. The van der Waals surface area contributed by atoms with Crippen molar-refractivity contribution in [3.63, 3.8) is 0 Å². The highest BCUT2D eigenvalue weighted by atomic mass is 35.5. The Kier molecular flexibility index (Phi) is 5.11. The molecule has 24 heavy (non-hydrogen) atoms. The number of thioether (sulfide) groups is 1. The van der Waals surface area contributed by atoms with Gasteiger partial charge in [-0.15, -0.1) is 11.8 Å². The zero-order chi connectivity index (χ0) is 17.1. The lowest BCUT2D eigenvalue weighted by Crippen LogP contribution is -2.44. The number of hydrogen-bond donors (Lipinski definition) is 1. The van der Waals surface area contributed by atoms with Crippen LogP contribution in [0.5, 0.6) is 0 Å². The van der Waals surface area contributed by atoms with Crippen LogP contribution in [0, 0.1) is 6.92 Å². The van der Waals surface area contributed by atoms with Crippen LogP contribution in [0.4, 0.5) is 5.69 Å². The predicted octanol–water partition coefficient (Wildman–Crippen LogP) is 3.80. The largest absolute Gasteiger partial charge is 0.324 e. The average molecular weight is 361 g/mol. The van der Waals surface area contributed by atoms with Gasteiger partial charge in [-0.1, -0.05) is 35.4 Å². The standard InChI is InChI=1S/C18H17ClN2O2S/c1-12-5-7-15(8-6-12)20-17(22)16-10-24-11-21(16)18(23)13-3-2-4-14(19)9-13/h2-9,16H,10-11H2,1H3,(H,20,22). The molecule has 1 atom stereocenters. The molecule has 0 aliphatic carbocycles. The number of rotatable bonds is 3. The average Bonchev–Trinajstić information content (AvgIpc) is 3.06. The molecule has 6 heteroatoms. The summed E-state index contributed by atoms with van der Waals surface area (Å²) in [6.45, 7) is 1.99. The first kappa shape index (κ1) is 16.9. The molecule has 1 N–H and O–H groups in total. The Hall–Kier alpha value is -1.98. The molecule has 1 aliphatic rings. The molecule has 1 aliphatic heterocycles. The highest BCUT2D eigenvalue weighted by Crippen LogP contribution is 2.25. The molecule has 0 bridgehead atoms. The number of anilines is 1. The van der Waals surface area contributed by atoms with Crippen LogP contribution >= 0.6 is 23.4 Å². The van der Waals surface area contributed by atoms with Crippen molar-refractivity contribution in [3.8, 4) is 0 Å². The molecule has 0 radical (unpaired) electrons. The minimum atomic E-state index is -0.484. The van der Waals surface area contributed by atoms with E-state index in [1.165, 1.54) is 0 Å². The summed E-state index contributed by atoms with van der Waals surface area (Å²) in [4.78, 5) is 26.9. The molecular weight excluding hydrogens is 344 g/mol. The SMILES string of the molecule is Cc1ccc(NC(=O)C2CSCN2C(=O)c2cccc(Cl)c2)cc1. The lowest BCUT2D eigenvalue weighted by atomic mass is 10.1. The number of benzene rings is 2. The van der Waals surface area contributed by atoms with Gasteiger partial charge in [0.1, 0.15) is 6.04 Å². The number of aryl methyl sites for hydroxylation is 1. The lowest BCUT2D eigenvalue weighted by Gasteiger charge is -2.23. The highest BCUT2D eigenvalue weighted by molar-refractivity contribution is 7.99. The molecule has 1 fully saturated rings. The number of amides is 2. The number of hydrogen-bond acceptors (Lipinski definition) is 3. The van der Waals surface area contributed by atoms with Crippen molar-refractivity contribution in [2.24, 2.45) is 0 Å². The Bertz CT molecular complexity index is 764. The van der Waals surface area contributed by atoms with E-state index >= 15 is 0 Å². The molecular formula is C18H17ClN2O2S. The van der Waals surface area contributed by atoms with Crippen LogP contribution in [-0.2, 0) is 4.79 Å².